The number of halogens is 1. The highest BCUT2D eigenvalue weighted by Gasteiger charge is 2.40. The molecule has 0 radical (unpaired) electrons. The molecule has 7 rings (SSSR count). The van der Waals surface area contributed by atoms with Crippen molar-refractivity contribution in [3.63, 3.8) is 0 Å². The fourth-order valence-electron chi connectivity index (χ4n) is 12.6. The first-order valence-corrected chi connectivity index (χ1v) is 37.1. The van der Waals surface area contributed by atoms with E-state index in [9.17, 15) is 57.8 Å². The number of urea groups is 1. The van der Waals surface area contributed by atoms with E-state index >= 15 is 9.59 Å². The number of aliphatic hydroxyl groups is 1. The maximum atomic E-state index is 15.3. The number of aliphatic hydroxyl groups excluding tert-OH is 1. The van der Waals surface area contributed by atoms with Crippen LogP contribution in [-0.2, 0) is 89.6 Å². The summed E-state index contributed by atoms with van der Waals surface area (Å²) in [6.07, 6.45) is 3.83. The number of rotatable bonds is 40. The predicted molar refractivity (Wildman–Crippen MR) is 415 cm³/mol. The van der Waals surface area contributed by atoms with Crippen LogP contribution >= 0.6 is 11.6 Å². The molecule has 0 unspecified atom stereocenters. The van der Waals surface area contributed by atoms with E-state index in [0.29, 0.717) is 64.3 Å². The Balaban J connectivity index is 1.18. The van der Waals surface area contributed by atoms with Crippen LogP contribution < -0.4 is 75.3 Å². The number of hydrogen-bond donors (Lipinski definition) is 15. The molecule has 30 nitrogen and oxygen atoms in total. The number of likely N-dealkylation sites (tertiary alicyclic amines) is 1. The summed E-state index contributed by atoms with van der Waals surface area (Å²) in [5, 5.41) is 46.1. The number of fused-ring (bicyclic) bond motifs is 1. The van der Waals surface area contributed by atoms with Crippen LogP contribution in [0.1, 0.15) is 115 Å². The van der Waals surface area contributed by atoms with Crippen molar-refractivity contribution in [2.24, 2.45) is 17.4 Å². The third kappa shape index (κ3) is 27.7. The van der Waals surface area contributed by atoms with Crippen molar-refractivity contribution >= 4 is 111 Å². The van der Waals surface area contributed by atoms with Gasteiger partial charge >= 0.3 is 6.03 Å². The van der Waals surface area contributed by atoms with E-state index < -0.39 is 138 Å². The van der Waals surface area contributed by atoms with Gasteiger partial charge in [-0.2, -0.15) is 0 Å². The van der Waals surface area contributed by atoms with E-state index in [4.69, 9.17) is 23.1 Å². The third-order valence-corrected chi connectivity index (χ3v) is 18.5. The van der Waals surface area contributed by atoms with Gasteiger partial charge in [0.2, 0.25) is 70.9 Å². The van der Waals surface area contributed by atoms with Crippen molar-refractivity contribution in [3.05, 3.63) is 173 Å². The molecule has 0 spiro atoms. The Morgan fingerprint density at radius 1 is 0.500 bits per heavy atom. The number of anilines is 2. The van der Waals surface area contributed by atoms with Gasteiger partial charge in [0.25, 0.3) is 0 Å². The van der Waals surface area contributed by atoms with Gasteiger partial charge in [0.15, 0.2) is 0 Å². The largest absolute Gasteiger partial charge is 0.394 e. The SMILES string of the molecule is CC(=O)Nc1ccc(C[C@@H](NC(=O)[C@H](Cc2ccc(NC(N)=O)cc2)NC(=O)[C@H](CO)NC(=O)[C@@H](Cc2cccnc2)NC(=O)[C@@H](Cc2ccc(Cl)cc2)NC(=O)[C@@H](Cc2ccc3ccccc3c2)NC(C)=O)C(=O)N[C@@H](CC(C)C)C(=O)N[C@@H](CCCCNC(C)C)C(=O)N2CCC[C@H]2C(=O)N[C@H](C)C(N)=O)cc1. The Labute approximate surface area is 644 Å². The molecule has 1 aliphatic rings. The molecule has 5 aromatic carbocycles. The van der Waals surface area contributed by atoms with Gasteiger partial charge in [-0.05, 0) is 139 Å². The Bertz CT molecular complexity index is 4190. The zero-order valence-electron chi connectivity index (χ0n) is 62.8. The van der Waals surface area contributed by atoms with Crippen molar-refractivity contribution < 1.29 is 67.4 Å². The number of hydrogen-bond acceptors (Lipinski definition) is 16. The number of nitrogens with zero attached hydrogens (tertiary/aromatic N) is 2. The highest BCUT2D eigenvalue weighted by molar-refractivity contribution is 6.30. The second kappa shape index (κ2) is 42.4. The first-order valence-electron chi connectivity index (χ1n) is 36.7. The van der Waals surface area contributed by atoms with E-state index in [0.717, 1.165) is 10.8 Å². The van der Waals surface area contributed by atoms with Gasteiger partial charge in [-0.15, -0.1) is 0 Å². The Morgan fingerprint density at radius 3 is 1.45 bits per heavy atom. The quantitative estimate of drug-likeness (QED) is 0.0246. The fourth-order valence-corrected chi connectivity index (χ4v) is 12.7. The highest BCUT2D eigenvalue weighted by atomic mass is 35.5. The Kier molecular flexibility index (Phi) is 33.1. The van der Waals surface area contributed by atoms with Crippen LogP contribution in [0.2, 0.25) is 5.02 Å². The second-order valence-corrected chi connectivity index (χ2v) is 28.6. The molecule has 0 aliphatic carbocycles. The first kappa shape index (κ1) is 85.9. The Hall–Kier alpha value is -11.4. The van der Waals surface area contributed by atoms with E-state index in [-0.39, 0.29) is 81.5 Å². The van der Waals surface area contributed by atoms with Gasteiger partial charge < -0.3 is 85.3 Å². The summed E-state index contributed by atoms with van der Waals surface area (Å²) in [5.74, 6) is -9.52. The number of carbonyl (C=O) groups is 13. The molecule has 14 amide bonds. The molecule has 31 heteroatoms. The zero-order chi connectivity index (χ0) is 80.1. The highest BCUT2D eigenvalue weighted by Crippen LogP contribution is 2.23. The molecule has 1 aliphatic heterocycles. The molecule has 1 aromatic heterocycles. The van der Waals surface area contributed by atoms with Gasteiger partial charge in [0.1, 0.15) is 60.4 Å². The number of aromatic nitrogens is 1. The lowest BCUT2D eigenvalue weighted by atomic mass is 9.99. The minimum Gasteiger partial charge on any atom is -0.394 e. The van der Waals surface area contributed by atoms with Gasteiger partial charge in [0, 0.05) is 87.3 Å². The molecule has 2 heterocycles. The van der Waals surface area contributed by atoms with E-state index in [1.165, 1.54) is 62.3 Å². The van der Waals surface area contributed by atoms with Gasteiger partial charge in [-0.1, -0.05) is 124 Å². The molecule has 110 heavy (non-hydrogen) atoms. The molecule has 0 saturated carbocycles. The summed E-state index contributed by atoms with van der Waals surface area (Å²) in [5.41, 5.74) is 14.0. The number of unbranched alkanes of at least 4 members (excludes halogenated alkanes) is 1. The van der Waals surface area contributed by atoms with Crippen molar-refractivity contribution in [1.82, 2.24) is 63.1 Å². The van der Waals surface area contributed by atoms with Crippen LogP contribution in [0, 0.1) is 5.92 Å². The van der Waals surface area contributed by atoms with Crippen LogP contribution in [0.4, 0.5) is 16.2 Å². The van der Waals surface area contributed by atoms with Crippen molar-refractivity contribution in [1.29, 1.82) is 0 Å². The van der Waals surface area contributed by atoms with Gasteiger partial charge in [0.05, 0.1) is 6.61 Å². The molecule has 17 N–H and O–H groups in total. The molecule has 10 atom stereocenters. The lowest BCUT2D eigenvalue weighted by molar-refractivity contribution is -0.142. The van der Waals surface area contributed by atoms with Crippen molar-refractivity contribution in [2.75, 3.05) is 30.3 Å². The smallest absolute Gasteiger partial charge is 0.316 e. The average Bonchev–Trinajstić information content (AvgIpc) is 1.35. The molecule has 1 saturated heterocycles. The minimum atomic E-state index is -1.87. The number of carbonyl (C=O) groups excluding carboxylic acids is 13. The van der Waals surface area contributed by atoms with Crippen molar-refractivity contribution in [2.45, 2.75) is 186 Å². The molecule has 6 aromatic rings. The molecular formula is C79H101ClN16O14. The standard InChI is InChI=1S/C79H101ClN16O14/c1-45(2)36-61(70(101)89-60(17-10-11-34-84-46(3)4)78(109)96-35-13-18-68(96)77(108)85-47(5)69(81)100)90-72(103)64(39-51-22-29-58(30-23-51)86-48(6)98)92-74(105)65(40-52-24-31-59(32-25-52)88-79(82)110)94-76(107)67(44-97)95-75(106)66(42-54-14-12-33-83-43-54)93-73(104)63(38-50-20-27-57(80)28-21-50)91-71(102)62(87-49(7)99)41-53-19-26-55-15-8-9-16-56(55)37-53/h8-9,12,14-16,19-33,37,43,45-47,60-68,84,97H,10-11,13,17-18,34-36,38-42,44H2,1-7H3,(H2,81,100)(H,85,108)(H,86,98)(H,87,99)(H,89,101)(H,90,103)(H,91,102)(H,92,105)(H,93,104)(H,94,107)(H,95,106)(H3,82,88,110)/t47-,60+,61+,62-,63-,64-,65+,66-,67+,68+/m1/s1. The number of benzene rings is 5. The monoisotopic (exact) mass is 1530 g/mol. The first-order chi connectivity index (χ1) is 52.4. The summed E-state index contributed by atoms with van der Waals surface area (Å²) in [6.45, 7) is 11.2. The lowest BCUT2D eigenvalue weighted by Gasteiger charge is -2.31. The van der Waals surface area contributed by atoms with E-state index in [2.05, 4.69) is 68.8 Å². The summed E-state index contributed by atoms with van der Waals surface area (Å²) in [7, 11) is 0. The zero-order valence-corrected chi connectivity index (χ0v) is 63.5. The summed E-state index contributed by atoms with van der Waals surface area (Å²) in [6, 6.07) is 20.6. The summed E-state index contributed by atoms with van der Waals surface area (Å²) < 4.78 is 0. The number of amides is 14. The molecule has 1 fully saturated rings. The maximum Gasteiger partial charge on any atom is 0.316 e. The van der Waals surface area contributed by atoms with Crippen LogP contribution in [0.15, 0.2) is 140 Å². The van der Waals surface area contributed by atoms with Gasteiger partial charge in [-0.3, -0.25) is 62.5 Å². The predicted octanol–water partition coefficient (Wildman–Crippen LogP) is 2.94. The van der Waals surface area contributed by atoms with Crippen LogP contribution in [0.25, 0.3) is 10.8 Å². The maximum absolute atomic E-state index is 15.3. The molecule has 0 bridgehead atoms. The number of nitrogens with one attached hydrogen (secondary N) is 12. The second-order valence-electron chi connectivity index (χ2n) is 28.2. The lowest BCUT2D eigenvalue weighted by Crippen LogP contribution is -2.62. The third-order valence-electron chi connectivity index (χ3n) is 18.2. The average molecular weight is 1530 g/mol. The topological polar surface area (TPSA) is 455 Å². The van der Waals surface area contributed by atoms with Crippen molar-refractivity contribution in [3.8, 4) is 0 Å². The van der Waals surface area contributed by atoms with Crippen LogP contribution in [0.3, 0.4) is 0 Å². The number of primary amides is 2. The fraction of sp³-hybridized carbons (Fsp3) is 0.418. The molecular weight excluding hydrogens is 1430 g/mol. The summed E-state index contributed by atoms with van der Waals surface area (Å²) >= 11 is 6.26. The van der Waals surface area contributed by atoms with Crippen LogP contribution in [0.5, 0.6) is 0 Å². The van der Waals surface area contributed by atoms with Gasteiger partial charge in [-0.25, -0.2) is 4.79 Å². The van der Waals surface area contributed by atoms with E-state index in [1.807, 2.05) is 56.3 Å². The Morgan fingerprint density at radius 2 is 0.964 bits per heavy atom. The van der Waals surface area contributed by atoms with Crippen LogP contribution in [-0.4, -0.2) is 178 Å². The minimum absolute atomic E-state index is 0.0111. The number of nitrogens with two attached hydrogens (primary N) is 2. The number of pyridine rings is 1. The molecule has 588 valence electrons. The summed E-state index contributed by atoms with van der Waals surface area (Å²) in [4.78, 5) is 187. The normalized spacial score (nSPS) is 15.0. The van der Waals surface area contributed by atoms with E-state index in [1.54, 1.807) is 74.5 Å².